The van der Waals surface area contributed by atoms with Crippen LogP contribution in [0.25, 0.3) is 0 Å². The van der Waals surface area contributed by atoms with Crippen LogP contribution < -0.4 is 10.5 Å². The van der Waals surface area contributed by atoms with E-state index in [9.17, 15) is 4.79 Å². The van der Waals surface area contributed by atoms with Gasteiger partial charge in [0.1, 0.15) is 5.75 Å². The van der Waals surface area contributed by atoms with Crippen LogP contribution in [0.1, 0.15) is 29.5 Å². The lowest BCUT2D eigenvalue weighted by Gasteiger charge is -2.09. The molecule has 2 rings (SSSR count). The monoisotopic (exact) mass is 259 g/mol. The highest BCUT2D eigenvalue weighted by Crippen LogP contribution is 2.23. The standard InChI is InChI=1S/C14H17N3O2/c1-3-7-17-8-6-16-14(17)13(18)11-9-10(15)4-5-12(11)19-2/h4-6,8-9H,3,7,15H2,1-2H3. The van der Waals surface area contributed by atoms with Gasteiger partial charge in [-0.15, -0.1) is 0 Å². The molecule has 0 aliphatic heterocycles. The van der Waals surface area contributed by atoms with E-state index in [2.05, 4.69) is 11.9 Å². The summed E-state index contributed by atoms with van der Waals surface area (Å²) in [6.45, 7) is 2.81. The van der Waals surface area contributed by atoms with Crippen LogP contribution in [0, 0.1) is 0 Å². The van der Waals surface area contributed by atoms with Crippen molar-refractivity contribution in [2.45, 2.75) is 19.9 Å². The highest BCUT2D eigenvalue weighted by atomic mass is 16.5. The molecule has 2 aromatic rings. The zero-order valence-electron chi connectivity index (χ0n) is 11.1. The number of methoxy groups -OCH3 is 1. The number of nitrogens with two attached hydrogens (primary N) is 1. The summed E-state index contributed by atoms with van der Waals surface area (Å²) >= 11 is 0. The topological polar surface area (TPSA) is 70.1 Å². The molecule has 0 amide bonds. The van der Waals surface area contributed by atoms with Crippen LogP contribution in [-0.4, -0.2) is 22.4 Å². The number of anilines is 1. The molecule has 0 bridgehead atoms. The molecule has 0 atom stereocenters. The summed E-state index contributed by atoms with van der Waals surface area (Å²) < 4.78 is 7.04. The van der Waals surface area contributed by atoms with Gasteiger partial charge in [0.2, 0.25) is 5.78 Å². The molecule has 0 unspecified atom stereocenters. The smallest absolute Gasteiger partial charge is 0.232 e. The van der Waals surface area contributed by atoms with Crippen LogP contribution in [0.2, 0.25) is 0 Å². The zero-order valence-corrected chi connectivity index (χ0v) is 11.1. The molecule has 100 valence electrons. The molecule has 2 N–H and O–H groups in total. The van der Waals surface area contributed by atoms with E-state index in [0.717, 1.165) is 13.0 Å². The second-order valence-corrected chi connectivity index (χ2v) is 4.23. The molecule has 1 heterocycles. The lowest BCUT2D eigenvalue weighted by atomic mass is 10.1. The number of benzene rings is 1. The van der Waals surface area contributed by atoms with Gasteiger partial charge in [0, 0.05) is 24.6 Å². The Morgan fingerprint density at radius 3 is 2.95 bits per heavy atom. The Hall–Kier alpha value is -2.30. The summed E-state index contributed by atoms with van der Waals surface area (Å²) in [5.41, 5.74) is 6.70. The molecule has 0 aliphatic carbocycles. The molecule has 5 nitrogen and oxygen atoms in total. The van der Waals surface area contributed by atoms with Crippen molar-refractivity contribution in [2.75, 3.05) is 12.8 Å². The Morgan fingerprint density at radius 1 is 1.47 bits per heavy atom. The number of aryl methyl sites for hydroxylation is 1. The molecule has 0 saturated heterocycles. The van der Waals surface area contributed by atoms with E-state index in [0.29, 0.717) is 22.8 Å². The quantitative estimate of drug-likeness (QED) is 0.659. The Labute approximate surface area is 112 Å². The van der Waals surface area contributed by atoms with Gasteiger partial charge in [-0.1, -0.05) is 6.92 Å². The number of rotatable bonds is 5. The Morgan fingerprint density at radius 2 is 2.26 bits per heavy atom. The summed E-state index contributed by atoms with van der Waals surface area (Å²) in [7, 11) is 1.53. The third-order valence-electron chi connectivity index (χ3n) is 2.85. The number of aromatic nitrogens is 2. The predicted octanol–water partition coefficient (Wildman–Crippen LogP) is 2.11. The van der Waals surface area contributed by atoms with E-state index in [-0.39, 0.29) is 5.78 Å². The average molecular weight is 259 g/mol. The van der Waals surface area contributed by atoms with Gasteiger partial charge in [-0.2, -0.15) is 0 Å². The normalized spacial score (nSPS) is 10.4. The van der Waals surface area contributed by atoms with Crippen LogP contribution in [0.5, 0.6) is 5.75 Å². The maximum atomic E-state index is 12.5. The van der Waals surface area contributed by atoms with Crippen molar-refractivity contribution in [3.63, 3.8) is 0 Å². The van der Waals surface area contributed by atoms with Gasteiger partial charge in [0.05, 0.1) is 12.7 Å². The Kier molecular flexibility index (Phi) is 3.85. The van der Waals surface area contributed by atoms with E-state index in [1.54, 1.807) is 30.6 Å². The van der Waals surface area contributed by atoms with Crippen molar-refractivity contribution in [3.05, 3.63) is 42.0 Å². The maximum absolute atomic E-state index is 12.5. The highest BCUT2D eigenvalue weighted by Gasteiger charge is 2.19. The molecule has 5 heteroatoms. The number of carbonyl (C=O) groups is 1. The first-order chi connectivity index (χ1) is 9.17. The molecular weight excluding hydrogens is 242 g/mol. The molecule has 1 aromatic heterocycles. The third-order valence-corrected chi connectivity index (χ3v) is 2.85. The summed E-state index contributed by atoms with van der Waals surface area (Å²) in [6, 6.07) is 5.01. The number of imidazole rings is 1. The number of ketones is 1. The summed E-state index contributed by atoms with van der Waals surface area (Å²) in [4.78, 5) is 16.6. The van der Waals surface area contributed by atoms with Gasteiger partial charge >= 0.3 is 0 Å². The van der Waals surface area contributed by atoms with Gasteiger partial charge in [0.15, 0.2) is 5.82 Å². The van der Waals surface area contributed by atoms with Crippen molar-refractivity contribution in [3.8, 4) is 5.75 Å². The van der Waals surface area contributed by atoms with E-state index >= 15 is 0 Å². The lowest BCUT2D eigenvalue weighted by molar-refractivity contribution is 0.102. The van der Waals surface area contributed by atoms with Crippen molar-refractivity contribution >= 4 is 11.5 Å². The van der Waals surface area contributed by atoms with Crippen molar-refractivity contribution < 1.29 is 9.53 Å². The molecule has 0 radical (unpaired) electrons. The van der Waals surface area contributed by atoms with Crippen LogP contribution in [-0.2, 0) is 6.54 Å². The first-order valence-electron chi connectivity index (χ1n) is 6.16. The molecule has 19 heavy (non-hydrogen) atoms. The van der Waals surface area contributed by atoms with E-state index in [4.69, 9.17) is 10.5 Å². The molecule has 0 spiro atoms. The third kappa shape index (κ3) is 2.59. The number of nitrogens with zero attached hydrogens (tertiary/aromatic N) is 2. The Bertz CT molecular complexity index is 590. The maximum Gasteiger partial charge on any atom is 0.232 e. The van der Waals surface area contributed by atoms with Crippen LogP contribution in [0.4, 0.5) is 5.69 Å². The minimum absolute atomic E-state index is 0.178. The summed E-state index contributed by atoms with van der Waals surface area (Å²) in [5, 5.41) is 0. The number of carbonyl (C=O) groups excluding carboxylic acids is 1. The van der Waals surface area contributed by atoms with Crippen molar-refractivity contribution in [2.24, 2.45) is 0 Å². The van der Waals surface area contributed by atoms with Gasteiger partial charge in [-0.25, -0.2) is 4.98 Å². The first-order valence-corrected chi connectivity index (χ1v) is 6.16. The fourth-order valence-electron chi connectivity index (χ4n) is 1.96. The zero-order chi connectivity index (χ0) is 13.8. The second-order valence-electron chi connectivity index (χ2n) is 4.23. The fraction of sp³-hybridized carbons (Fsp3) is 0.286. The summed E-state index contributed by atoms with van der Waals surface area (Å²) in [6.07, 6.45) is 4.36. The minimum atomic E-state index is -0.178. The number of ether oxygens (including phenoxy) is 1. The molecular formula is C14H17N3O2. The average Bonchev–Trinajstić information content (AvgIpc) is 2.86. The van der Waals surface area contributed by atoms with Crippen molar-refractivity contribution in [1.82, 2.24) is 9.55 Å². The van der Waals surface area contributed by atoms with Crippen LogP contribution >= 0.6 is 0 Å². The lowest BCUT2D eigenvalue weighted by Crippen LogP contribution is -2.12. The van der Waals surface area contributed by atoms with E-state index < -0.39 is 0 Å². The van der Waals surface area contributed by atoms with Gasteiger partial charge in [-0.05, 0) is 24.6 Å². The molecule has 0 fully saturated rings. The number of nitrogen functional groups attached to an aromatic ring is 1. The fourth-order valence-corrected chi connectivity index (χ4v) is 1.96. The largest absolute Gasteiger partial charge is 0.496 e. The van der Waals surface area contributed by atoms with E-state index in [1.165, 1.54) is 7.11 Å². The molecule has 1 aromatic carbocycles. The molecule has 0 saturated carbocycles. The number of hydrogen-bond acceptors (Lipinski definition) is 4. The SMILES string of the molecule is CCCn1ccnc1C(=O)c1cc(N)ccc1OC. The van der Waals surface area contributed by atoms with Crippen LogP contribution in [0.3, 0.4) is 0 Å². The second kappa shape index (κ2) is 5.56. The van der Waals surface area contributed by atoms with Gasteiger partial charge in [0.25, 0.3) is 0 Å². The highest BCUT2D eigenvalue weighted by molar-refractivity contribution is 6.09. The minimum Gasteiger partial charge on any atom is -0.496 e. The number of hydrogen-bond donors (Lipinski definition) is 1. The van der Waals surface area contributed by atoms with E-state index in [1.807, 2.05) is 4.57 Å². The first kappa shape index (κ1) is 13.1. The predicted molar refractivity (Wildman–Crippen MR) is 73.4 cm³/mol. The van der Waals surface area contributed by atoms with Crippen LogP contribution in [0.15, 0.2) is 30.6 Å². The summed E-state index contributed by atoms with van der Waals surface area (Å²) in [5.74, 6) is 0.735. The Balaban J connectivity index is 2.43. The van der Waals surface area contributed by atoms with Crippen molar-refractivity contribution in [1.29, 1.82) is 0 Å². The molecule has 0 aliphatic rings. The van der Waals surface area contributed by atoms with Gasteiger partial charge in [-0.3, -0.25) is 4.79 Å². The van der Waals surface area contributed by atoms with Gasteiger partial charge < -0.3 is 15.0 Å².